The number of nitrogens with one attached hydrogen (secondary N) is 2. The van der Waals surface area contributed by atoms with Crippen molar-refractivity contribution in [3.8, 4) is 0 Å². The van der Waals surface area contributed by atoms with E-state index in [-0.39, 0.29) is 0 Å². The van der Waals surface area contributed by atoms with Gasteiger partial charge in [0.1, 0.15) is 0 Å². The van der Waals surface area contributed by atoms with Crippen molar-refractivity contribution in [3.63, 3.8) is 0 Å². The van der Waals surface area contributed by atoms with Gasteiger partial charge in [-0.15, -0.1) is 11.3 Å². The summed E-state index contributed by atoms with van der Waals surface area (Å²) in [5, 5.41) is 11.2. The zero-order valence-corrected chi connectivity index (χ0v) is 13.7. The van der Waals surface area contributed by atoms with E-state index in [1.807, 2.05) is 11.3 Å². The maximum atomic E-state index is 5.66. The molecule has 118 valence electrons. The van der Waals surface area contributed by atoms with Crippen molar-refractivity contribution in [1.29, 1.82) is 0 Å². The molecule has 4 rings (SSSR count). The molecule has 3 unspecified atom stereocenters. The molecule has 2 N–H and O–H groups in total. The van der Waals surface area contributed by atoms with Gasteiger partial charge in [0.2, 0.25) is 0 Å². The van der Waals surface area contributed by atoms with Crippen LogP contribution in [0.1, 0.15) is 24.8 Å². The van der Waals surface area contributed by atoms with E-state index in [1.54, 1.807) is 0 Å². The lowest BCUT2D eigenvalue weighted by Gasteiger charge is -2.33. The van der Waals surface area contributed by atoms with Crippen molar-refractivity contribution in [2.75, 3.05) is 19.8 Å². The van der Waals surface area contributed by atoms with Gasteiger partial charge in [0.25, 0.3) is 0 Å². The highest BCUT2D eigenvalue weighted by Gasteiger charge is 2.34. The Labute approximate surface area is 136 Å². The molecule has 4 heteroatoms. The van der Waals surface area contributed by atoms with E-state index in [0.717, 1.165) is 26.3 Å². The molecule has 0 radical (unpaired) electrons. The minimum Gasteiger partial charge on any atom is -0.379 e. The van der Waals surface area contributed by atoms with Gasteiger partial charge in [-0.25, -0.2) is 0 Å². The van der Waals surface area contributed by atoms with Crippen molar-refractivity contribution < 1.29 is 4.74 Å². The minimum absolute atomic E-state index is 0.535. The van der Waals surface area contributed by atoms with Crippen molar-refractivity contribution in [3.05, 3.63) is 35.2 Å². The summed E-state index contributed by atoms with van der Waals surface area (Å²) in [7, 11) is 0. The summed E-state index contributed by atoms with van der Waals surface area (Å²) >= 11 is 1.85. The average Bonchev–Trinajstić information content (AvgIpc) is 3.20. The second kappa shape index (κ2) is 6.67. The van der Waals surface area contributed by atoms with Gasteiger partial charge >= 0.3 is 0 Å². The van der Waals surface area contributed by atoms with Crippen molar-refractivity contribution >= 4 is 21.4 Å². The normalized spacial score (nSPS) is 29.2. The molecule has 3 atom stereocenters. The maximum absolute atomic E-state index is 5.66. The third kappa shape index (κ3) is 2.93. The van der Waals surface area contributed by atoms with Gasteiger partial charge in [0.05, 0.1) is 13.2 Å². The van der Waals surface area contributed by atoms with Gasteiger partial charge in [0.15, 0.2) is 0 Å². The highest BCUT2D eigenvalue weighted by Crippen LogP contribution is 2.31. The SMILES string of the molecule is c1ccc2c(CNC3CCCC3C3COCCN3)csc2c1. The number of fused-ring (bicyclic) bond motifs is 1. The summed E-state index contributed by atoms with van der Waals surface area (Å²) in [5.74, 6) is 0.713. The molecule has 2 fully saturated rings. The molecule has 1 aliphatic heterocycles. The second-order valence-corrected chi connectivity index (χ2v) is 7.39. The lowest BCUT2D eigenvalue weighted by molar-refractivity contribution is 0.0524. The highest BCUT2D eigenvalue weighted by atomic mass is 32.1. The quantitative estimate of drug-likeness (QED) is 0.909. The molecule has 22 heavy (non-hydrogen) atoms. The first kappa shape index (κ1) is 14.6. The monoisotopic (exact) mass is 316 g/mol. The Balaban J connectivity index is 1.42. The van der Waals surface area contributed by atoms with Gasteiger partial charge in [-0.1, -0.05) is 24.6 Å². The molecule has 2 aliphatic rings. The van der Waals surface area contributed by atoms with Crippen LogP contribution in [0.25, 0.3) is 10.1 Å². The number of ether oxygens (including phenoxy) is 1. The predicted octanol–water partition coefficient (Wildman–Crippen LogP) is 3.15. The molecule has 1 aromatic heterocycles. The van der Waals surface area contributed by atoms with Gasteiger partial charge in [-0.2, -0.15) is 0 Å². The fraction of sp³-hybridized carbons (Fsp3) is 0.556. The second-order valence-electron chi connectivity index (χ2n) is 6.47. The molecule has 2 heterocycles. The Kier molecular flexibility index (Phi) is 4.44. The van der Waals surface area contributed by atoms with E-state index >= 15 is 0 Å². The van der Waals surface area contributed by atoms with Crippen molar-refractivity contribution in [2.24, 2.45) is 5.92 Å². The van der Waals surface area contributed by atoms with E-state index in [9.17, 15) is 0 Å². The first-order chi connectivity index (χ1) is 10.9. The summed E-state index contributed by atoms with van der Waals surface area (Å²) in [4.78, 5) is 0. The molecule has 0 bridgehead atoms. The summed E-state index contributed by atoms with van der Waals surface area (Å²) in [6.45, 7) is 3.73. The summed E-state index contributed by atoms with van der Waals surface area (Å²) < 4.78 is 7.06. The van der Waals surface area contributed by atoms with E-state index < -0.39 is 0 Å². The number of thiophene rings is 1. The van der Waals surface area contributed by atoms with Crippen LogP contribution in [0, 0.1) is 5.92 Å². The number of hydrogen-bond donors (Lipinski definition) is 2. The van der Waals surface area contributed by atoms with Crippen molar-refractivity contribution in [1.82, 2.24) is 10.6 Å². The molecule has 1 aromatic carbocycles. The lowest BCUT2D eigenvalue weighted by Crippen LogP contribution is -2.50. The minimum atomic E-state index is 0.535. The molecular weight excluding hydrogens is 292 g/mol. The van der Waals surface area contributed by atoms with Crippen LogP contribution in [0.3, 0.4) is 0 Å². The highest BCUT2D eigenvalue weighted by molar-refractivity contribution is 7.17. The molecule has 0 spiro atoms. The number of rotatable bonds is 4. The smallest absolute Gasteiger partial charge is 0.0623 e. The molecule has 1 aliphatic carbocycles. The van der Waals surface area contributed by atoms with Crippen LogP contribution in [0.4, 0.5) is 0 Å². The third-order valence-electron chi connectivity index (χ3n) is 5.15. The Morgan fingerprint density at radius 2 is 2.23 bits per heavy atom. The Bertz CT molecular complexity index is 620. The molecule has 3 nitrogen and oxygen atoms in total. The Morgan fingerprint density at radius 1 is 1.27 bits per heavy atom. The Hall–Kier alpha value is -0.940. The van der Waals surface area contributed by atoms with Gasteiger partial charge in [-0.05, 0) is 41.2 Å². The van der Waals surface area contributed by atoms with Crippen LogP contribution < -0.4 is 10.6 Å². The molecule has 2 aromatic rings. The fourth-order valence-corrected chi connectivity index (χ4v) is 4.96. The Morgan fingerprint density at radius 3 is 3.14 bits per heavy atom. The van der Waals surface area contributed by atoms with Gasteiger partial charge in [0, 0.05) is 29.9 Å². The molecule has 1 saturated carbocycles. The zero-order valence-electron chi connectivity index (χ0n) is 12.9. The molecular formula is C18H24N2OS. The zero-order chi connectivity index (χ0) is 14.8. The lowest BCUT2D eigenvalue weighted by atomic mass is 9.94. The van der Waals surface area contributed by atoms with Crippen LogP contribution >= 0.6 is 11.3 Å². The first-order valence-corrected chi connectivity index (χ1v) is 9.29. The summed E-state index contributed by atoms with van der Waals surface area (Å²) in [5.41, 5.74) is 1.44. The van der Waals surface area contributed by atoms with E-state index in [1.165, 1.54) is 34.9 Å². The van der Waals surface area contributed by atoms with Crippen LogP contribution in [0.15, 0.2) is 29.6 Å². The molecule has 0 amide bonds. The summed E-state index contributed by atoms with van der Waals surface area (Å²) in [6, 6.07) is 9.88. The largest absolute Gasteiger partial charge is 0.379 e. The van der Waals surface area contributed by atoms with Gasteiger partial charge < -0.3 is 15.4 Å². The number of morpholine rings is 1. The van der Waals surface area contributed by atoms with Crippen LogP contribution in [0.2, 0.25) is 0 Å². The fourth-order valence-electron chi connectivity index (χ4n) is 4.00. The van der Waals surface area contributed by atoms with Crippen molar-refractivity contribution in [2.45, 2.75) is 37.9 Å². The topological polar surface area (TPSA) is 33.3 Å². The standard InChI is InChI=1S/C18H24N2OS/c1-2-7-18-14(4-1)13(12-22-18)10-20-16-6-3-5-15(16)17-11-21-9-8-19-17/h1-2,4,7,12,15-17,19-20H,3,5-6,8-11H2. The van der Waals surface area contributed by atoms with Gasteiger partial charge in [-0.3, -0.25) is 0 Å². The third-order valence-corrected chi connectivity index (χ3v) is 6.16. The van der Waals surface area contributed by atoms with E-state index in [2.05, 4.69) is 40.3 Å². The average molecular weight is 316 g/mol. The predicted molar refractivity (Wildman–Crippen MR) is 92.4 cm³/mol. The maximum Gasteiger partial charge on any atom is 0.0623 e. The van der Waals surface area contributed by atoms with Crippen LogP contribution in [-0.4, -0.2) is 31.8 Å². The summed E-state index contributed by atoms with van der Waals surface area (Å²) in [6.07, 6.45) is 3.96. The van der Waals surface area contributed by atoms with Crippen LogP contribution in [0.5, 0.6) is 0 Å². The molecule has 1 saturated heterocycles. The van der Waals surface area contributed by atoms with Crippen LogP contribution in [-0.2, 0) is 11.3 Å². The number of benzene rings is 1. The first-order valence-electron chi connectivity index (χ1n) is 8.41. The van der Waals surface area contributed by atoms with E-state index in [4.69, 9.17) is 4.74 Å². The van der Waals surface area contributed by atoms with E-state index in [0.29, 0.717) is 18.0 Å². The number of hydrogen-bond acceptors (Lipinski definition) is 4.